The van der Waals surface area contributed by atoms with Gasteiger partial charge in [-0.3, -0.25) is 4.79 Å². The van der Waals surface area contributed by atoms with Crippen molar-refractivity contribution in [2.24, 2.45) is 0 Å². The van der Waals surface area contributed by atoms with Crippen LogP contribution in [0.15, 0.2) is 11.1 Å². The molecule has 1 saturated carbocycles. The van der Waals surface area contributed by atoms with Gasteiger partial charge in [-0.1, -0.05) is 0 Å². The highest BCUT2D eigenvalue weighted by Crippen LogP contribution is 2.47. The van der Waals surface area contributed by atoms with Crippen LogP contribution in [0.4, 0.5) is 0 Å². The number of epoxide rings is 1. The second-order valence-electron chi connectivity index (χ2n) is 4.37. The van der Waals surface area contributed by atoms with Crippen LogP contribution in [0, 0.1) is 0 Å². The van der Waals surface area contributed by atoms with Crippen molar-refractivity contribution in [2.45, 2.75) is 38.4 Å². The van der Waals surface area contributed by atoms with E-state index >= 15 is 0 Å². The summed E-state index contributed by atoms with van der Waals surface area (Å²) >= 11 is 0. The number of Topliss-reactive ketones (excluding diaryl/α,β-unsaturated/α-hetero) is 1. The maximum absolute atomic E-state index is 11.9. The summed E-state index contributed by atoms with van der Waals surface area (Å²) in [6.45, 7) is 4.52. The van der Waals surface area contributed by atoms with Gasteiger partial charge in [0.25, 0.3) is 0 Å². The van der Waals surface area contributed by atoms with Crippen LogP contribution in [0.25, 0.3) is 0 Å². The van der Waals surface area contributed by atoms with E-state index in [4.69, 9.17) is 9.47 Å². The zero-order chi connectivity index (χ0) is 10.3. The molecule has 3 heteroatoms. The van der Waals surface area contributed by atoms with Gasteiger partial charge in [0.05, 0.1) is 6.61 Å². The average molecular weight is 196 g/mol. The van der Waals surface area contributed by atoms with Crippen molar-refractivity contribution in [3.05, 3.63) is 11.1 Å². The van der Waals surface area contributed by atoms with Gasteiger partial charge >= 0.3 is 0 Å². The van der Waals surface area contributed by atoms with Crippen molar-refractivity contribution in [2.75, 3.05) is 13.7 Å². The van der Waals surface area contributed by atoms with Gasteiger partial charge in [-0.05, 0) is 37.8 Å². The van der Waals surface area contributed by atoms with Crippen molar-refractivity contribution < 1.29 is 14.3 Å². The number of rotatable bonds is 2. The van der Waals surface area contributed by atoms with Gasteiger partial charge in [0.2, 0.25) is 0 Å². The Bertz CT molecular complexity index is 306. The summed E-state index contributed by atoms with van der Waals surface area (Å²) in [5, 5.41) is 0. The Morgan fingerprint density at radius 2 is 2.43 bits per heavy atom. The van der Waals surface area contributed by atoms with Gasteiger partial charge in [0.15, 0.2) is 5.78 Å². The van der Waals surface area contributed by atoms with Crippen molar-refractivity contribution >= 4 is 5.78 Å². The van der Waals surface area contributed by atoms with E-state index in [1.165, 1.54) is 0 Å². The van der Waals surface area contributed by atoms with Gasteiger partial charge in [-0.25, -0.2) is 0 Å². The van der Waals surface area contributed by atoms with E-state index < -0.39 is 0 Å². The van der Waals surface area contributed by atoms with Crippen LogP contribution in [-0.4, -0.2) is 31.2 Å². The minimum atomic E-state index is -0.168. The standard InChI is InChI=1S/C11H16O3/c1-7(6-13-3)8-4-5-11(2)10(14-11)9(8)12/h10H,4-6H2,1-3H3/b8-7+. The maximum Gasteiger partial charge on any atom is 0.190 e. The van der Waals surface area contributed by atoms with Crippen molar-refractivity contribution in [1.82, 2.24) is 0 Å². The molecule has 2 unspecified atom stereocenters. The molecule has 0 spiro atoms. The lowest BCUT2D eigenvalue weighted by Gasteiger charge is -2.16. The molecule has 1 saturated heterocycles. The lowest BCUT2D eigenvalue weighted by Crippen LogP contribution is -2.26. The molecule has 2 atom stereocenters. The summed E-state index contributed by atoms with van der Waals surface area (Å²) in [4.78, 5) is 11.9. The number of carbonyl (C=O) groups is 1. The number of ether oxygens (including phenoxy) is 2. The van der Waals surface area contributed by atoms with E-state index in [0.29, 0.717) is 6.61 Å². The highest BCUT2D eigenvalue weighted by atomic mass is 16.6. The number of hydrogen-bond acceptors (Lipinski definition) is 3. The highest BCUT2D eigenvalue weighted by molar-refractivity contribution is 6.03. The Morgan fingerprint density at radius 3 is 3.07 bits per heavy atom. The van der Waals surface area contributed by atoms with Crippen LogP contribution in [-0.2, 0) is 14.3 Å². The molecular formula is C11H16O3. The molecule has 14 heavy (non-hydrogen) atoms. The van der Waals surface area contributed by atoms with Crippen LogP contribution < -0.4 is 0 Å². The predicted octanol–water partition coefficient (Wildman–Crippen LogP) is 1.47. The predicted molar refractivity (Wildman–Crippen MR) is 52.1 cm³/mol. The SMILES string of the molecule is COC/C(C)=C1\CCC2(C)OC2C1=O. The van der Waals surface area contributed by atoms with E-state index in [0.717, 1.165) is 24.0 Å². The normalized spacial score (nSPS) is 39.4. The zero-order valence-corrected chi connectivity index (χ0v) is 8.92. The Hall–Kier alpha value is -0.670. The maximum atomic E-state index is 11.9. The Labute approximate surface area is 84.1 Å². The quantitative estimate of drug-likeness (QED) is 0.496. The van der Waals surface area contributed by atoms with Gasteiger partial charge < -0.3 is 9.47 Å². The van der Waals surface area contributed by atoms with Crippen LogP contribution in [0.5, 0.6) is 0 Å². The molecule has 0 bridgehead atoms. The van der Waals surface area contributed by atoms with E-state index in [2.05, 4.69) is 0 Å². The average Bonchev–Trinajstić information content (AvgIpc) is 2.79. The first-order valence-electron chi connectivity index (χ1n) is 4.98. The first kappa shape index (κ1) is 9.87. The second-order valence-corrected chi connectivity index (χ2v) is 4.37. The van der Waals surface area contributed by atoms with Gasteiger partial charge in [0, 0.05) is 7.11 Å². The summed E-state index contributed by atoms with van der Waals surface area (Å²) < 4.78 is 10.4. The number of hydrogen-bond donors (Lipinski definition) is 0. The van der Waals surface area contributed by atoms with Gasteiger partial charge in [0.1, 0.15) is 11.7 Å². The van der Waals surface area contributed by atoms with Crippen molar-refractivity contribution in [1.29, 1.82) is 0 Å². The minimum Gasteiger partial charge on any atom is -0.380 e. The van der Waals surface area contributed by atoms with Crippen LogP contribution >= 0.6 is 0 Å². The lowest BCUT2D eigenvalue weighted by molar-refractivity contribution is -0.117. The third kappa shape index (κ3) is 1.41. The molecule has 78 valence electrons. The topological polar surface area (TPSA) is 38.8 Å². The van der Waals surface area contributed by atoms with Crippen molar-refractivity contribution in [3.8, 4) is 0 Å². The molecular weight excluding hydrogens is 180 g/mol. The van der Waals surface area contributed by atoms with Crippen molar-refractivity contribution in [3.63, 3.8) is 0 Å². The van der Waals surface area contributed by atoms with Gasteiger partial charge in [-0.15, -0.1) is 0 Å². The molecule has 0 aromatic rings. The molecule has 2 rings (SSSR count). The van der Waals surface area contributed by atoms with E-state index in [-0.39, 0.29) is 17.5 Å². The molecule has 1 aliphatic heterocycles. The third-order valence-electron chi connectivity index (χ3n) is 3.17. The molecule has 1 aliphatic carbocycles. The zero-order valence-electron chi connectivity index (χ0n) is 8.92. The number of ketones is 1. The number of methoxy groups -OCH3 is 1. The molecule has 1 heterocycles. The van der Waals surface area contributed by atoms with E-state index in [1.807, 2.05) is 13.8 Å². The monoisotopic (exact) mass is 196 g/mol. The second kappa shape index (κ2) is 3.17. The van der Waals surface area contributed by atoms with Crippen LogP contribution in [0.1, 0.15) is 26.7 Å². The van der Waals surface area contributed by atoms with Crippen LogP contribution in [0.3, 0.4) is 0 Å². The summed E-state index contributed by atoms with van der Waals surface area (Å²) in [7, 11) is 1.65. The third-order valence-corrected chi connectivity index (χ3v) is 3.17. The number of fused-ring (bicyclic) bond motifs is 1. The molecule has 2 aliphatic rings. The van der Waals surface area contributed by atoms with Gasteiger partial charge in [-0.2, -0.15) is 0 Å². The van der Waals surface area contributed by atoms with E-state index in [1.54, 1.807) is 7.11 Å². The smallest absolute Gasteiger partial charge is 0.190 e. The first-order chi connectivity index (χ1) is 6.58. The Morgan fingerprint density at radius 1 is 1.71 bits per heavy atom. The fourth-order valence-corrected chi connectivity index (χ4v) is 2.14. The highest BCUT2D eigenvalue weighted by Gasteiger charge is 2.59. The summed E-state index contributed by atoms with van der Waals surface area (Å²) in [5.41, 5.74) is 1.83. The largest absolute Gasteiger partial charge is 0.380 e. The number of carbonyl (C=O) groups excluding carboxylic acids is 1. The molecule has 0 N–H and O–H groups in total. The van der Waals surface area contributed by atoms with Crippen LogP contribution in [0.2, 0.25) is 0 Å². The first-order valence-corrected chi connectivity index (χ1v) is 4.98. The Balaban J connectivity index is 2.16. The fourth-order valence-electron chi connectivity index (χ4n) is 2.14. The molecule has 0 radical (unpaired) electrons. The molecule has 2 fully saturated rings. The molecule has 0 amide bonds. The molecule has 3 nitrogen and oxygen atoms in total. The molecule has 0 aromatic heterocycles. The summed E-state index contributed by atoms with van der Waals surface area (Å²) in [6, 6.07) is 0. The summed E-state index contributed by atoms with van der Waals surface area (Å²) in [6.07, 6.45) is 1.62. The molecule has 0 aromatic carbocycles. The Kier molecular flexibility index (Phi) is 2.24. The lowest BCUT2D eigenvalue weighted by atomic mass is 9.84. The van der Waals surface area contributed by atoms with E-state index in [9.17, 15) is 4.79 Å². The minimum absolute atomic E-state index is 0.145. The summed E-state index contributed by atoms with van der Waals surface area (Å²) in [5.74, 6) is 0.174. The fraction of sp³-hybridized carbons (Fsp3) is 0.727.